The van der Waals surface area contributed by atoms with Gasteiger partial charge in [-0.2, -0.15) is 8.78 Å². The Morgan fingerprint density at radius 2 is 2.25 bits per heavy atom. The Kier molecular flexibility index (Phi) is 2.93. The molecule has 1 aliphatic rings. The van der Waals surface area contributed by atoms with Gasteiger partial charge in [-0.3, -0.25) is 4.99 Å². The van der Waals surface area contributed by atoms with Gasteiger partial charge >= 0.3 is 0 Å². The van der Waals surface area contributed by atoms with E-state index in [1.165, 1.54) is 0 Å². The van der Waals surface area contributed by atoms with Gasteiger partial charge in [0.05, 0.1) is 0 Å². The Morgan fingerprint density at radius 3 is 2.67 bits per heavy atom. The first kappa shape index (κ1) is 9.77. The van der Waals surface area contributed by atoms with Gasteiger partial charge in [-0.25, -0.2) is 0 Å². The summed E-state index contributed by atoms with van der Waals surface area (Å²) in [4.78, 5) is 4.01. The standard InChI is InChI=1S/C7H12F2N2S/c1-7(2)3-10-6(11-4-7)12-5(8)9/h5H,3-4H2,1-2H3,(H,10,11). The maximum atomic E-state index is 11.9. The number of hydrogen-bond donors (Lipinski definition) is 1. The summed E-state index contributed by atoms with van der Waals surface area (Å²) in [5.74, 6) is -2.38. The number of nitrogens with one attached hydrogen (secondary N) is 1. The van der Waals surface area contributed by atoms with Crippen LogP contribution in [0.1, 0.15) is 13.8 Å². The van der Waals surface area contributed by atoms with E-state index in [9.17, 15) is 8.78 Å². The van der Waals surface area contributed by atoms with E-state index < -0.39 is 5.76 Å². The molecule has 0 atom stereocenters. The highest BCUT2D eigenvalue weighted by Crippen LogP contribution is 2.22. The van der Waals surface area contributed by atoms with Crippen molar-refractivity contribution in [1.29, 1.82) is 0 Å². The van der Waals surface area contributed by atoms with Gasteiger partial charge in [0, 0.05) is 18.5 Å². The van der Waals surface area contributed by atoms with Gasteiger partial charge in [0.25, 0.3) is 5.76 Å². The lowest BCUT2D eigenvalue weighted by atomic mass is 9.93. The second-order valence-corrected chi connectivity index (χ2v) is 4.50. The van der Waals surface area contributed by atoms with Crippen LogP contribution in [0.2, 0.25) is 0 Å². The molecule has 12 heavy (non-hydrogen) atoms. The van der Waals surface area contributed by atoms with Crippen molar-refractivity contribution in [3.63, 3.8) is 0 Å². The van der Waals surface area contributed by atoms with Crippen LogP contribution in [0, 0.1) is 5.41 Å². The molecule has 0 saturated heterocycles. The lowest BCUT2D eigenvalue weighted by molar-refractivity contribution is 0.253. The lowest BCUT2D eigenvalue weighted by Crippen LogP contribution is -2.39. The first-order chi connectivity index (χ1) is 5.49. The number of amidine groups is 1. The highest BCUT2D eigenvalue weighted by molar-refractivity contribution is 8.14. The average Bonchev–Trinajstić information content (AvgIpc) is 1.93. The zero-order valence-electron chi connectivity index (χ0n) is 7.10. The molecule has 2 nitrogen and oxygen atoms in total. The zero-order chi connectivity index (χ0) is 9.19. The molecule has 0 spiro atoms. The zero-order valence-corrected chi connectivity index (χ0v) is 7.92. The minimum absolute atomic E-state index is 0.0895. The number of alkyl halides is 2. The van der Waals surface area contributed by atoms with Crippen molar-refractivity contribution >= 4 is 16.9 Å². The third-order valence-corrected chi connectivity index (χ3v) is 2.24. The van der Waals surface area contributed by atoms with E-state index in [0.717, 1.165) is 0 Å². The molecule has 1 rings (SSSR count). The third kappa shape index (κ3) is 2.97. The van der Waals surface area contributed by atoms with Crippen molar-refractivity contribution in [3.05, 3.63) is 0 Å². The van der Waals surface area contributed by atoms with Gasteiger partial charge < -0.3 is 5.32 Å². The fourth-order valence-electron chi connectivity index (χ4n) is 0.876. The molecule has 0 aromatic carbocycles. The molecule has 0 aromatic rings. The Morgan fingerprint density at radius 1 is 1.58 bits per heavy atom. The maximum absolute atomic E-state index is 11.9. The number of halogens is 2. The first-order valence-corrected chi connectivity index (χ1v) is 4.61. The molecule has 0 aromatic heterocycles. The summed E-state index contributed by atoms with van der Waals surface area (Å²) in [7, 11) is 0. The molecule has 1 N–H and O–H groups in total. The largest absolute Gasteiger partial charge is 0.364 e. The fourth-order valence-corrected chi connectivity index (χ4v) is 1.34. The van der Waals surface area contributed by atoms with Crippen molar-refractivity contribution in [2.24, 2.45) is 10.4 Å². The predicted octanol–water partition coefficient (Wildman–Crippen LogP) is 1.93. The van der Waals surface area contributed by atoms with Crippen molar-refractivity contribution in [3.8, 4) is 0 Å². The minimum atomic E-state index is -2.38. The van der Waals surface area contributed by atoms with E-state index in [2.05, 4.69) is 10.3 Å². The van der Waals surface area contributed by atoms with Crippen LogP contribution < -0.4 is 5.32 Å². The van der Waals surface area contributed by atoms with Gasteiger partial charge in [0.15, 0.2) is 5.17 Å². The molecule has 0 radical (unpaired) electrons. The normalized spacial score (nSPS) is 21.9. The summed E-state index contributed by atoms with van der Waals surface area (Å²) in [5.41, 5.74) is 0.0895. The van der Waals surface area contributed by atoms with Gasteiger partial charge in [-0.15, -0.1) is 0 Å². The second-order valence-electron chi connectivity index (χ2n) is 3.52. The fraction of sp³-hybridized carbons (Fsp3) is 0.857. The van der Waals surface area contributed by atoms with Crippen LogP contribution in [0.15, 0.2) is 4.99 Å². The SMILES string of the molecule is CC1(C)CN=C(SC(F)F)NC1. The molecule has 5 heteroatoms. The van der Waals surface area contributed by atoms with Gasteiger partial charge in [0.2, 0.25) is 0 Å². The Labute approximate surface area is 74.8 Å². The van der Waals surface area contributed by atoms with Crippen LogP contribution in [0.25, 0.3) is 0 Å². The van der Waals surface area contributed by atoms with Crippen LogP contribution in [0.4, 0.5) is 8.78 Å². The molecule has 0 amide bonds. The molecule has 70 valence electrons. The predicted molar refractivity (Wildman–Crippen MR) is 47.7 cm³/mol. The van der Waals surface area contributed by atoms with Crippen LogP contribution in [-0.2, 0) is 0 Å². The molecule has 0 fully saturated rings. The smallest absolute Gasteiger partial charge is 0.291 e. The highest BCUT2D eigenvalue weighted by Gasteiger charge is 2.23. The van der Waals surface area contributed by atoms with Crippen LogP contribution in [-0.4, -0.2) is 24.0 Å². The van der Waals surface area contributed by atoms with E-state index in [4.69, 9.17) is 0 Å². The lowest BCUT2D eigenvalue weighted by Gasteiger charge is -2.28. The van der Waals surface area contributed by atoms with Crippen molar-refractivity contribution in [2.75, 3.05) is 13.1 Å². The Bertz CT molecular complexity index is 192. The van der Waals surface area contributed by atoms with Crippen LogP contribution in [0.3, 0.4) is 0 Å². The number of nitrogens with zero attached hydrogens (tertiary/aromatic N) is 1. The average molecular weight is 194 g/mol. The molecular weight excluding hydrogens is 182 g/mol. The summed E-state index contributed by atoms with van der Waals surface area (Å²) < 4.78 is 23.7. The second kappa shape index (κ2) is 3.60. The van der Waals surface area contributed by atoms with E-state index in [0.29, 0.717) is 30.0 Å². The molecule has 0 saturated carbocycles. The summed E-state index contributed by atoms with van der Waals surface area (Å²) in [6, 6.07) is 0. The molecule has 0 unspecified atom stereocenters. The maximum Gasteiger partial charge on any atom is 0.291 e. The third-order valence-electron chi connectivity index (χ3n) is 1.57. The van der Waals surface area contributed by atoms with E-state index in [1.54, 1.807) is 0 Å². The monoisotopic (exact) mass is 194 g/mol. The minimum Gasteiger partial charge on any atom is -0.364 e. The van der Waals surface area contributed by atoms with E-state index in [-0.39, 0.29) is 5.41 Å². The van der Waals surface area contributed by atoms with Crippen LogP contribution in [0.5, 0.6) is 0 Å². The van der Waals surface area contributed by atoms with Gasteiger partial charge in [0.1, 0.15) is 0 Å². The van der Waals surface area contributed by atoms with Crippen molar-refractivity contribution in [2.45, 2.75) is 19.6 Å². The number of thioether (sulfide) groups is 1. The molecule has 0 bridgehead atoms. The Hall–Kier alpha value is -0.320. The molecule has 0 aliphatic carbocycles. The molecule has 1 aliphatic heterocycles. The van der Waals surface area contributed by atoms with Crippen molar-refractivity contribution in [1.82, 2.24) is 5.32 Å². The van der Waals surface area contributed by atoms with Crippen LogP contribution >= 0.6 is 11.8 Å². The summed E-state index contributed by atoms with van der Waals surface area (Å²) in [6.07, 6.45) is 0. The summed E-state index contributed by atoms with van der Waals surface area (Å²) in [6.45, 7) is 5.43. The Balaban J connectivity index is 2.45. The number of hydrogen-bond acceptors (Lipinski definition) is 3. The topological polar surface area (TPSA) is 24.4 Å². The van der Waals surface area contributed by atoms with Gasteiger partial charge in [-0.05, 0) is 11.8 Å². The van der Waals surface area contributed by atoms with E-state index in [1.807, 2.05) is 13.8 Å². The van der Waals surface area contributed by atoms with Crippen molar-refractivity contribution < 1.29 is 8.78 Å². The number of rotatable bonds is 1. The van der Waals surface area contributed by atoms with Gasteiger partial charge in [-0.1, -0.05) is 13.8 Å². The van der Waals surface area contributed by atoms with E-state index >= 15 is 0 Å². The highest BCUT2D eigenvalue weighted by atomic mass is 32.2. The summed E-state index contributed by atoms with van der Waals surface area (Å²) in [5, 5.41) is 3.24. The quantitative estimate of drug-likeness (QED) is 0.689. The first-order valence-electron chi connectivity index (χ1n) is 3.73. The molecule has 1 heterocycles. The summed E-state index contributed by atoms with van der Waals surface area (Å²) >= 11 is 0.482. The number of aliphatic imine (C=N–C) groups is 1. The molecular formula is C7H12F2N2S.